The van der Waals surface area contributed by atoms with Crippen molar-refractivity contribution in [3.63, 3.8) is 0 Å². The van der Waals surface area contributed by atoms with Gasteiger partial charge in [0.1, 0.15) is 5.69 Å². The van der Waals surface area contributed by atoms with Gasteiger partial charge in [-0.25, -0.2) is 0 Å². The minimum atomic E-state index is -2.47. The van der Waals surface area contributed by atoms with Crippen LogP contribution in [0.4, 0.5) is 14.5 Å². The van der Waals surface area contributed by atoms with Crippen molar-refractivity contribution < 1.29 is 13.6 Å². The van der Waals surface area contributed by atoms with Crippen molar-refractivity contribution in [2.75, 3.05) is 11.1 Å². The van der Waals surface area contributed by atoms with Crippen LogP contribution in [0.5, 0.6) is 0 Å². The molecule has 0 aliphatic rings. The molecule has 0 saturated carbocycles. The first-order valence-corrected chi connectivity index (χ1v) is 10.3. The van der Waals surface area contributed by atoms with Crippen LogP contribution < -0.4 is 5.32 Å². The van der Waals surface area contributed by atoms with E-state index >= 15 is 0 Å². The zero-order chi connectivity index (χ0) is 19.9. The van der Waals surface area contributed by atoms with Crippen LogP contribution in [0.15, 0.2) is 58.7 Å². The number of pyridine rings is 1. The summed E-state index contributed by atoms with van der Waals surface area (Å²) in [5.74, 6) is -1.89. The second kappa shape index (κ2) is 9.65. The molecule has 6 nitrogen and oxygen atoms in total. The number of alkyl halides is 2. The van der Waals surface area contributed by atoms with Crippen LogP contribution in [0.1, 0.15) is 6.92 Å². The normalized spacial score (nSPS) is 11.0. The van der Waals surface area contributed by atoms with Crippen molar-refractivity contribution in [2.24, 2.45) is 0 Å². The number of nitrogens with one attached hydrogen (secondary N) is 1. The lowest BCUT2D eigenvalue weighted by molar-refractivity contribution is -0.113. The molecule has 0 unspecified atom stereocenters. The van der Waals surface area contributed by atoms with Crippen LogP contribution in [-0.4, -0.2) is 37.2 Å². The molecule has 28 heavy (non-hydrogen) atoms. The average Bonchev–Trinajstić information content (AvgIpc) is 3.11. The molecule has 146 valence electrons. The summed E-state index contributed by atoms with van der Waals surface area (Å²) < 4.78 is 26.6. The lowest BCUT2D eigenvalue weighted by Crippen LogP contribution is -2.14. The van der Waals surface area contributed by atoms with Crippen LogP contribution in [0.2, 0.25) is 0 Å². The second-order valence-electron chi connectivity index (χ2n) is 5.51. The lowest BCUT2D eigenvalue weighted by Gasteiger charge is -2.08. The van der Waals surface area contributed by atoms with Gasteiger partial charge in [0.05, 0.1) is 5.75 Å². The summed E-state index contributed by atoms with van der Waals surface area (Å²) in [5.41, 5.74) is 1.27. The number of carbonyl (C=O) groups is 1. The van der Waals surface area contributed by atoms with Crippen LogP contribution in [0, 0.1) is 0 Å². The first-order valence-electron chi connectivity index (χ1n) is 8.39. The number of carbonyl (C=O) groups excluding carboxylic acids is 1. The Morgan fingerprint density at radius 3 is 2.61 bits per heavy atom. The smallest absolute Gasteiger partial charge is 0.288 e. The molecule has 0 bridgehead atoms. The molecule has 0 aliphatic carbocycles. The number of hydrogen-bond acceptors (Lipinski definition) is 6. The summed E-state index contributed by atoms with van der Waals surface area (Å²) in [6, 6.07) is 11.9. The highest BCUT2D eigenvalue weighted by molar-refractivity contribution is 8.00. The Kier molecular flexibility index (Phi) is 6.99. The SMILES string of the molecule is CCn1c(SCC(=O)Nc2ccc(SC(F)F)cc2)nnc1-c1ccccn1. The number of halogens is 2. The second-order valence-corrected chi connectivity index (χ2v) is 7.51. The summed E-state index contributed by atoms with van der Waals surface area (Å²) >= 11 is 1.74. The lowest BCUT2D eigenvalue weighted by atomic mass is 10.3. The van der Waals surface area contributed by atoms with Crippen LogP contribution in [-0.2, 0) is 11.3 Å². The highest BCUT2D eigenvalue weighted by Crippen LogP contribution is 2.26. The van der Waals surface area contributed by atoms with Crippen LogP contribution in [0.3, 0.4) is 0 Å². The van der Waals surface area contributed by atoms with Gasteiger partial charge in [-0.3, -0.25) is 9.78 Å². The summed E-state index contributed by atoms with van der Waals surface area (Å²) in [6.07, 6.45) is 1.69. The largest absolute Gasteiger partial charge is 0.325 e. The summed E-state index contributed by atoms with van der Waals surface area (Å²) in [4.78, 5) is 16.9. The van der Waals surface area contributed by atoms with Gasteiger partial charge in [-0.15, -0.1) is 10.2 Å². The molecule has 3 aromatic rings. The number of rotatable bonds is 8. The molecule has 0 aliphatic heterocycles. The van der Waals surface area contributed by atoms with E-state index in [2.05, 4.69) is 20.5 Å². The van der Waals surface area contributed by atoms with Gasteiger partial charge >= 0.3 is 0 Å². The summed E-state index contributed by atoms with van der Waals surface area (Å²) in [7, 11) is 0. The van der Waals surface area contributed by atoms with E-state index in [1.165, 1.54) is 11.8 Å². The molecule has 1 aromatic carbocycles. The van der Waals surface area contributed by atoms with Gasteiger partial charge in [-0.1, -0.05) is 29.6 Å². The maximum Gasteiger partial charge on any atom is 0.288 e. The minimum absolute atomic E-state index is 0.147. The molecular weight excluding hydrogens is 404 g/mol. The van der Waals surface area contributed by atoms with Crippen molar-refractivity contribution in [3.05, 3.63) is 48.7 Å². The Morgan fingerprint density at radius 2 is 1.96 bits per heavy atom. The van der Waals surface area contributed by atoms with Gasteiger partial charge in [0.15, 0.2) is 11.0 Å². The molecule has 2 aromatic heterocycles. The van der Waals surface area contributed by atoms with E-state index < -0.39 is 5.76 Å². The van der Waals surface area contributed by atoms with E-state index in [-0.39, 0.29) is 11.7 Å². The number of aromatic nitrogens is 4. The molecule has 0 radical (unpaired) electrons. The third-order valence-electron chi connectivity index (χ3n) is 3.62. The molecule has 10 heteroatoms. The zero-order valence-corrected chi connectivity index (χ0v) is 16.5. The number of thioether (sulfide) groups is 2. The quantitative estimate of drug-likeness (QED) is 0.544. The summed E-state index contributed by atoms with van der Waals surface area (Å²) in [6.45, 7) is 2.62. The third kappa shape index (κ3) is 5.29. The fourth-order valence-electron chi connectivity index (χ4n) is 2.41. The van der Waals surface area contributed by atoms with Crippen molar-refractivity contribution in [1.82, 2.24) is 19.7 Å². The minimum Gasteiger partial charge on any atom is -0.325 e. The van der Waals surface area contributed by atoms with E-state index in [1.807, 2.05) is 29.7 Å². The number of anilines is 1. The topological polar surface area (TPSA) is 72.7 Å². The number of amides is 1. The first kappa shape index (κ1) is 20.3. The maximum absolute atomic E-state index is 12.3. The van der Waals surface area contributed by atoms with Gasteiger partial charge in [0.2, 0.25) is 5.91 Å². The van der Waals surface area contributed by atoms with Crippen LogP contribution >= 0.6 is 23.5 Å². The standard InChI is InChI=1S/C18H17F2N5OS2/c1-2-25-16(14-5-3-4-10-21-14)23-24-18(25)27-11-15(26)22-12-6-8-13(9-7-12)28-17(19)20/h3-10,17H,2,11H2,1H3,(H,22,26). The average molecular weight is 421 g/mol. The van der Waals surface area contributed by atoms with Gasteiger partial charge in [0.25, 0.3) is 5.76 Å². The Balaban J connectivity index is 1.60. The molecular formula is C18H17F2N5OS2. The number of nitrogens with zero attached hydrogens (tertiary/aromatic N) is 4. The Hall–Kier alpha value is -2.46. The van der Waals surface area contributed by atoms with Crippen molar-refractivity contribution >= 4 is 35.1 Å². The molecule has 0 atom stereocenters. The fraction of sp³-hybridized carbons (Fsp3) is 0.222. The van der Waals surface area contributed by atoms with Crippen LogP contribution in [0.25, 0.3) is 11.5 Å². The number of hydrogen-bond donors (Lipinski definition) is 1. The van der Waals surface area contributed by atoms with Gasteiger partial charge in [-0.05, 0) is 43.3 Å². The first-order chi connectivity index (χ1) is 13.6. The predicted molar refractivity (Wildman–Crippen MR) is 107 cm³/mol. The van der Waals surface area contributed by atoms with Crippen molar-refractivity contribution in [2.45, 2.75) is 29.3 Å². The van der Waals surface area contributed by atoms with E-state index in [9.17, 15) is 13.6 Å². The van der Waals surface area contributed by atoms with E-state index in [1.54, 1.807) is 30.5 Å². The Morgan fingerprint density at radius 1 is 1.18 bits per heavy atom. The van der Waals surface area contributed by atoms with E-state index in [0.29, 0.717) is 39.9 Å². The Labute approximate surface area is 169 Å². The molecule has 0 spiro atoms. The van der Waals surface area contributed by atoms with E-state index in [4.69, 9.17) is 0 Å². The van der Waals surface area contributed by atoms with Crippen molar-refractivity contribution in [1.29, 1.82) is 0 Å². The monoisotopic (exact) mass is 421 g/mol. The van der Waals surface area contributed by atoms with E-state index in [0.717, 1.165) is 5.69 Å². The molecule has 3 rings (SSSR count). The molecule has 0 saturated heterocycles. The van der Waals surface area contributed by atoms with Gasteiger partial charge in [0, 0.05) is 23.3 Å². The third-order valence-corrected chi connectivity index (χ3v) is 5.31. The molecule has 0 fully saturated rings. The molecule has 1 amide bonds. The highest BCUT2D eigenvalue weighted by atomic mass is 32.2. The Bertz CT molecular complexity index is 919. The highest BCUT2D eigenvalue weighted by Gasteiger charge is 2.15. The predicted octanol–water partition coefficient (Wildman–Crippen LogP) is 4.41. The van der Waals surface area contributed by atoms with Gasteiger partial charge < -0.3 is 9.88 Å². The van der Waals surface area contributed by atoms with Gasteiger partial charge in [-0.2, -0.15) is 8.78 Å². The fourth-order valence-corrected chi connectivity index (χ4v) is 3.71. The molecule has 1 N–H and O–H groups in total. The maximum atomic E-state index is 12.3. The van der Waals surface area contributed by atoms with Crippen molar-refractivity contribution in [3.8, 4) is 11.5 Å². The zero-order valence-electron chi connectivity index (χ0n) is 14.9. The summed E-state index contributed by atoms with van der Waals surface area (Å²) in [5, 5.41) is 11.7. The molecule has 2 heterocycles. The number of benzene rings is 1.